The summed E-state index contributed by atoms with van der Waals surface area (Å²) >= 11 is 12.0. The molecule has 2 aliphatic rings. The van der Waals surface area contributed by atoms with Gasteiger partial charge in [-0.1, -0.05) is 54.2 Å². The fraction of sp³-hybridized carbons (Fsp3) is 0.348. The number of carbonyl (C=O) groups is 3. The molecule has 0 spiro atoms. The van der Waals surface area contributed by atoms with Gasteiger partial charge < -0.3 is 20.9 Å². The molecule has 4 amide bonds. The van der Waals surface area contributed by atoms with E-state index in [-0.39, 0.29) is 30.4 Å². The number of carbonyl (C=O) groups excluding carboxylic acids is 3. The minimum atomic E-state index is -0.923. The molecule has 0 unspecified atom stereocenters. The monoisotopic (exact) mass is 474 g/mol. The molecule has 2 aromatic carbocycles. The lowest BCUT2D eigenvalue weighted by Crippen LogP contribution is -2.68. The second-order valence-corrected chi connectivity index (χ2v) is 8.97. The number of nitrogens with zero attached hydrogens (tertiary/aromatic N) is 1. The number of amides is 4. The zero-order valence-corrected chi connectivity index (χ0v) is 18.8. The van der Waals surface area contributed by atoms with E-state index in [0.29, 0.717) is 21.4 Å². The van der Waals surface area contributed by atoms with Crippen molar-refractivity contribution in [2.45, 2.75) is 50.2 Å². The summed E-state index contributed by atoms with van der Waals surface area (Å²) in [6, 6.07) is 12.2. The Morgan fingerprint density at radius 2 is 1.66 bits per heavy atom. The molecule has 3 N–H and O–H groups in total. The highest BCUT2D eigenvalue weighted by Crippen LogP contribution is 2.30. The molecule has 0 bridgehead atoms. The standard InChI is InChI=1S/C23H24Cl2N4O3/c24-14-10-15(25)12-17(11-14)26-21(30)13-20-22(31)28-18-8-4-5-9-19(18)29(20)23(32)27-16-6-2-1-3-7-16/h1-3,6-7,10-12,18-20H,4-5,8-9,13H2,(H,26,30)(H,27,32)(H,28,31)/t18-,19+,20-/m0/s1. The summed E-state index contributed by atoms with van der Waals surface area (Å²) in [5.74, 6) is -0.731. The minimum Gasteiger partial charge on any atom is -0.349 e. The summed E-state index contributed by atoms with van der Waals surface area (Å²) in [7, 11) is 0. The van der Waals surface area contributed by atoms with E-state index in [4.69, 9.17) is 23.2 Å². The molecule has 1 aliphatic carbocycles. The van der Waals surface area contributed by atoms with Crippen LogP contribution in [0.3, 0.4) is 0 Å². The smallest absolute Gasteiger partial charge is 0.322 e. The van der Waals surface area contributed by atoms with Crippen molar-refractivity contribution in [1.82, 2.24) is 10.2 Å². The third-order valence-electron chi connectivity index (χ3n) is 5.84. The molecular weight excluding hydrogens is 451 g/mol. The Morgan fingerprint density at radius 1 is 0.969 bits per heavy atom. The van der Waals surface area contributed by atoms with Crippen molar-refractivity contribution in [2.75, 3.05) is 10.6 Å². The maximum Gasteiger partial charge on any atom is 0.322 e. The normalized spacial score (nSPS) is 22.5. The molecule has 1 saturated heterocycles. The largest absolute Gasteiger partial charge is 0.349 e. The van der Waals surface area contributed by atoms with Gasteiger partial charge in [-0.3, -0.25) is 9.59 Å². The number of urea groups is 1. The molecule has 2 aromatic rings. The minimum absolute atomic E-state index is 0.108. The van der Waals surface area contributed by atoms with Crippen LogP contribution in [0.5, 0.6) is 0 Å². The number of hydrogen-bond donors (Lipinski definition) is 3. The van der Waals surface area contributed by atoms with Gasteiger partial charge in [0.2, 0.25) is 11.8 Å². The van der Waals surface area contributed by atoms with E-state index < -0.39 is 11.9 Å². The van der Waals surface area contributed by atoms with Gasteiger partial charge in [0.15, 0.2) is 0 Å². The molecule has 32 heavy (non-hydrogen) atoms. The number of fused-ring (bicyclic) bond motifs is 1. The molecule has 9 heteroatoms. The van der Waals surface area contributed by atoms with Crippen molar-refractivity contribution < 1.29 is 14.4 Å². The average Bonchev–Trinajstić information content (AvgIpc) is 2.74. The van der Waals surface area contributed by atoms with E-state index >= 15 is 0 Å². The van der Waals surface area contributed by atoms with E-state index in [1.807, 2.05) is 18.2 Å². The van der Waals surface area contributed by atoms with Crippen LogP contribution in [-0.4, -0.2) is 40.9 Å². The highest BCUT2D eigenvalue weighted by molar-refractivity contribution is 6.35. The lowest BCUT2D eigenvalue weighted by Gasteiger charge is -2.47. The molecule has 7 nitrogen and oxygen atoms in total. The maximum atomic E-state index is 13.3. The number of para-hydroxylation sites is 1. The summed E-state index contributed by atoms with van der Waals surface area (Å²) in [6.07, 6.45) is 3.37. The number of rotatable bonds is 4. The van der Waals surface area contributed by atoms with E-state index in [1.165, 1.54) is 0 Å². The number of benzene rings is 2. The zero-order chi connectivity index (χ0) is 22.7. The van der Waals surface area contributed by atoms with Gasteiger partial charge in [0.25, 0.3) is 0 Å². The first-order chi connectivity index (χ1) is 15.4. The van der Waals surface area contributed by atoms with E-state index in [0.717, 1.165) is 25.7 Å². The lowest BCUT2D eigenvalue weighted by molar-refractivity contribution is -0.135. The van der Waals surface area contributed by atoms with Crippen LogP contribution in [-0.2, 0) is 9.59 Å². The average molecular weight is 475 g/mol. The van der Waals surface area contributed by atoms with Gasteiger partial charge in [-0.15, -0.1) is 0 Å². The van der Waals surface area contributed by atoms with Crippen LogP contribution in [0.1, 0.15) is 32.1 Å². The highest BCUT2D eigenvalue weighted by atomic mass is 35.5. The Morgan fingerprint density at radius 3 is 2.38 bits per heavy atom. The highest BCUT2D eigenvalue weighted by Gasteiger charge is 2.46. The predicted molar refractivity (Wildman–Crippen MR) is 125 cm³/mol. The predicted octanol–water partition coefficient (Wildman–Crippen LogP) is 4.67. The SMILES string of the molecule is O=C(C[C@H]1C(=O)N[C@H]2CCCC[C@H]2N1C(=O)Nc1ccccc1)Nc1cc(Cl)cc(Cl)c1. The first-order valence-corrected chi connectivity index (χ1v) is 11.4. The van der Waals surface area contributed by atoms with Gasteiger partial charge in [0, 0.05) is 27.5 Å². The molecule has 1 heterocycles. The van der Waals surface area contributed by atoms with Crippen molar-refractivity contribution in [3.63, 3.8) is 0 Å². The van der Waals surface area contributed by atoms with Gasteiger partial charge in [0.05, 0.1) is 12.5 Å². The first kappa shape index (κ1) is 22.4. The summed E-state index contributed by atoms with van der Waals surface area (Å²) in [4.78, 5) is 40.6. The van der Waals surface area contributed by atoms with Gasteiger partial charge >= 0.3 is 6.03 Å². The summed E-state index contributed by atoms with van der Waals surface area (Å²) in [5.41, 5.74) is 1.06. The number of nitrogens with one attached hydrogen (secondary N) is 3. The molecule has 0 radical (unpaired) electrons. The molecule has 168 valence electrons. The van der Waals surface area contributed by atoms with E-state index in [1.54, 1.807) is 35.2 Å². The van der Waals surface area contributed by atoms with Crippen LogP contribution in [0.25, 0.3) is 0 Å². The summed E-state index contributed by atoms with van der Waals surface area (Å²) in [6.45, 7) is 0. The van der Waals surface area contributed by atoms with Crippen LogP contribution in [0, 0.1) is 0 Å². The van der Waals surface area contributed by atoms with Gasteiger partial charge in [-0.25, -0.2) is 4.79 Å². The second-order valence-electron chi connectivity index (χ2n) is 8.10. The van der Waals surface area contributed by atoms with Crippen LogP contribution < -0.4 is 16.0 Å². The van der Waals surface area contributed by atoms with Gasteiger partial charge in [-0.2, -0.15) is 0 Å². The Balaban J connectivity index is 1.54. The molecule has 1 aliphatic heterocycles. The summed E-state index contributed by atoms with van der Waals surface area (Å²) in [5, 5.41) is 9.39. The third-order valence-corrected chi connectivity index (χ3v) is 6.27. The number of piperazine rings is 1. The van der Waals surface area contributed by atoms with Crippen LogP contribution in [0.2, 0.25) is 10.0 Å². The van der Waals surface area contributed by atoms with E-state index in [9.17, 15) is 14.4 Å². The molecule has 1 saturated carbocycles. The number of halogens is 2. The maximum absolute atomic E-state index is 13.3. The molecule has 4 rings (SSSR count). The zero-order valence-electron chi connectivity index (χ0n) is 17.3. The number of anilines is 2. The van der Waals surface area contributed by atoms with Gasteiger partial charge in [0.1, 0.15) is 6.04 Å². The first-order valence-electron chi connectivity index (χ1n) is 10.6. The topological polar surface area (TPSA) is 90.5 Å². The van der Waals surface area contributed by atoms with Crippen molar-refractivity contribution in [3.8, 4) is 0 Å². The fourth-order valence-corrected chi connectivity index (χ4v) is 4.98. The van der Waals surface area contributed by atoms with E-state index in [2.05, 4.69) is 16.0 Å². The third kappa shape index (κ3) is 5.16. The van der Waals surface area contributed by atoms with Gasteiger partial charge in [-0.05, 0) is 43.2 Å². The Bertz CT molecular complexity index is 997. The molecular formula is C23H24Cl2N4O3. The quantitative estimate of drug-likeness (QED) is 0.601. The Hall–Kier alpha value is -2.77. The van der Waals surface area contributed by atoms with Crippen LogP contribution in [0.15, 0.2) is 48.5 Å². The van der Waals surface area contributed by atoms with Crippen molar-refractivity contribution in [2.24, 2.45) is 0 Å². The van der Waals surface area contributed by atoms with Crippen LogP contribution >= 0.6 is 23.2 Å². The lowest BCUT2D eigenvalue weighted by atomic mass is 9.85. The molecule has 0 aromatic heterocycles. The van der Waals surface area contributed by atoms with Crippen LogP contribution in [0.4, 0.5) is 16.2 Å². The molecule has 2 fully saturated rings. The Labute approximate surface area is 196 Å². The second kappa shape index (κ2) is 9.79. The van der Waals surface area contributed by atoms with Crippen molar-refractivity contribution in [1.29, 1.82) is 0 Å². The molecule has 3 atom stereocenters. The Kier molecular flexibility index (Phi) is 6.86. The number of hydrogen-bond acceptors (Lipinski definition) is 3. The fourth-order valence-electron chi connectivity index (χ4n) is 4.46. The van der Waals surface area contributed by atoms with Crippen molar-refractivity contribution in [3.05, 3.63) is 58.6 Å². The van der Waals surface area contributed by atoms with Crippen molar-refractivity contribution >= 4 is 52.4 Å². The summed E-state index contributed by atoms with van der Waals surface area (Å²) < 4.78 is 0.